The molecule has 1 aromatic carbocycles. The van der Waals surface area contributed by atoms with Gasteiger partial charge in [0.25, 0.3) is 0 Å². The van der Waals surface area contributed by atoms with Gasteiger partial charge < -0.3 is 15.4 Å². The van der Waals surface area contributed by atoms with Crippen molar-refractivity contribution in [3.8, 4) is 0 Å². The molecule has 5 heteroatoms. The lowest BCUT2D eigenvalue weighted by Crippen LogP contribution is -2.44. The fourth-order valence-corrected chi connectivity index (χ4v) is 2.83. The smallest absolute Gasteiger partial charge is 0.0772 e. The number of methoxy groups -OCH3 is 1. The number of nitrogen functional groups attached to an aromatic ring is 1. The second-order valence-corrected chi connectivity index (χ2v) is 5.35. The van der Waals surface area contributed by atoms with Gasteiger partial charge in [0.05, 0.1) is 29.2 Å². The van der Waals surface area contributed by atoms with E-state index < -0.39 is 0 Å². The van der Waals surface area contributed by atoms with Crippen molar-refractivity contribution in [2.45, 2.75) is 19.4 Å². The van der Waals surface area contributed by atoms with Crippen molar-refractivity contribution in [3.63, 3.8) is 0 Å². The average Bonchev–Trinajstić information content (AvgIpc) is 2.85. The van der Waals surface area contributed by atoms with E-state index in [2.05, 4.69) is 28.1 Å². The lowest BCUT2D eigenvalue weighted by Gasteiger charge is -2.38. The van der Waals surface area contributed by atoms with Gasteiger partial charge in [0, 0.05) is 25.6 Å². The Balaban J connectivity index is 1.92. The molecule has 1 saturated heterocycles. The number of aromatic nitrogens is 2. The summed E-state index contributed by atoms with van der Waals surface area (Å²) in [4.78, 5) is 2.31. The van der Waals surface area contributed by atoms with Crippen LogP contribution in [-0.4, -0.2) is 36.5 Å². The first kappa shape index (κ1) is 12.3. The van der Waals surface area contributed by atoms with Gasteiger partial charge in [0.1, 0.15) is 0 Å². The maximum Gasteiger partial charge on any atom is 0.0772 e. The number of ether oxygens (including phenoxy) is 1. The van der Waals surface area contributed by atoms with Crippen molar-refractivity contribution in [2.75, 3.05) is 30.8 Å². The highest BCUT2D eigenvalue weighted by molar-refractivity contribution is 5.88. The fraction of sp³-hybridized carbons (Fsp3) is 0.500. The number of piperidine rings is 1. The highest BCUT2D eigenvalue weighted by Crippen LogP contribution is 2.31. The van der Waals surface area contributed by atoms with Crippen LogP contribution in [0.1, 0.15) is 13.3 Å². The van der Waals surface area contributed by atoms with Gasteiger partial charge in [-0.05, 0) is 24.5 Å². The fourth-order valence-electron chi connectivity index (χ4n) is 2.83. The molecule has 2 unspecified atom stereocenters. The molecular formula is C14H20N4O. The Kier molecular flexibility index (Phi) is 3.06. The van der Waals surface area contributed by atoms with Crippen LogP contribution >= 0.6 is 0 Å². The van der Waals surface area contributed by atoms with Gasteiger partial charge in [-0.25, -0.2) is 0 Å². The number of benzene rings is 1. The third-order valence-electron chi connectivity index (χ3n) is 4.12. The maximum absolute atomic E-state index is 6.17. The molecule has 2 aromatic rings. The first-order valence-electron chi connectivity index (χ1n) is 6.69. The van der Waals surface area contributed by atoms with E-state index in [1.54, 1.807) is 13.3 Å². The highest BCUT2D eigenvalue weighted by Gasteiger charge is 2.27. The summed E-state index contributed by atoms with van der Waals surface area (Å²) in [5.74, 6) is 0.596. The molecule has 3 rings (SSSR count). The zero-order valence-corrected chi connectivity index (χ0v) is 11.4. The van der Waals surface area contributed by atoms with Crippen LogP contribution in [0, 0.1) is 5.92 Å². The van der Waals surface area contributed by atoms with Crippen LogP contribution in [0.2, 0.25) is 0 Å². The first-order chi connectivity index (χ1) is 9.19. The number of hydrogen-bond donors (Lipinski definition) is 2. The summed E-state index contributed by atoms with van der Waals surface area (Å²) < 4.78 is 5.56. The summed E-state index contributed by atoms with van der Waals surface area (Å²) in [5.41, 5.74) is 9.08. The van der Waals surface area contributed by atoms with Crippen LogP contribution in [0.15, 0.2) is 18.3 Å². The van der Waals surface area contributed by atoms with Gasteiger partial charge in [-0.3, -0.25) is 5.10 Å². The number of aromatic amines is 1. The molecule has 19 heavy (non-hydrogen) atoms. The predicted molar refractivity (Wildman–Crippen MR) is 77.3 cm³/mol. The molecule has 1 aliphatic heterocycles. The largest absolute Gasteiger partial charge is 0.397 e. The molecule has 0 bridgehead atoms. The molecule has 0 saturated carbocycles. The Morgan fingerprint density at radius 3 is 3.11 bits per heavy atom. The number of fused-ring (bicyclic) bond motifs is 1. The van der Waals surface area contributed by atoms with E-state index in [9.17, 15) is 0 Å². The third kappa shape index (κ3) is 2.14. The molecular weight excluding hydrogens is 240 g/mol. The molecule has 0 aliphatic carbocycles. The Bertz CT molecular complexity index is 580. The number of rotatable bonds is 2. The Labute approximate surface area is 112 Å². The van der Waals surface area contributed by atoms with E-state index in [4.69, 9.17) is 10.5 Å². The van der Waals surface area contributed by atoms with Crippen LogP contribution in [0.4, 0.5) is 11.4 Å². The summed E-state index contributed by atoms with van der Waals surface area (Å²) in [7, 11) is 1.78. The van der Waals surface area contributed by atoms with Crippen molar-refractivity contribution in [3.05, 3.63) is 18.3 Å². The summed E-state index contributed by atoms with van der Waals surface area (Å²) in [5, 5.41) is 8.10. The van der Waals surface area contributed by atoms with Crippen molar-refractivity contribution in [1.29, 1.82) is 0 Å². The molecule has 102 valence electrons. The summed E-state index contributed by atoms with van der Waals surface area (Å²) in [6, 6.07) is 4.06. The number of nitrogens with two attached hydrogens (primary N) is 1. The van der Waals surface area contributed by atoms with Gasteiger partial charge in [0.2, 0.25) is 0 Å². The van der Waals surface area contributed by atoms with Crippen molar-refractivity contribution in [2.24, 2.45) is 5.92 Å². The Morgan fingerprint density at radius 2 is 2.32 bits per heavy atom. The minimum Gasteiger partial charge on any atom is -0.397 e. The molecule has 0 radical (unpaired) electrons. The predicted octanol–water partition coefficient (Wildman–Crippen LogP) is 2.01. The van der Waals surface area contributed by atoms with Crippen molar-refractivity contribution >= 4 is 22.3 Å². The molecule has 1 aromatic heterocycles. The number of anilines is 2. The molecule has 0 spiro atoms. The lowest BCUT2D eigenvalue weighted by molar-refractivity contribution is 0.0499. The van der Waals surface area contributed by atoms with Crippen LogP contribution in [-0.2, 0) is 4.74 Å². The molecule has 2 atom stereocenters. The minimum atomic E-state index is 0.269. The van der Waals surface area contributed by atoms with Gasteiger partial charge >= 0.3 is 0 Å². The van der Waals surface area contributed by atoms with Gasteiger partial charge in [-0.1, -0.05) is 6.92 Å². The number of hydrogen-bond acceptors (Lipinski definition) is 4. The maximum atomic E-state index is 6.17. The molecule has 3 N–H and O–H groups in total. The zero-order valence-electron chi connectivity index (χ0n) is 11.4. The number of nitrogens with one attached hydrogen (secondary N) is 1. The lowest BCUT2D eigenvalue weighted by atomic mass is 9.95. The second-order valence-electron chi connectivity index (χ2n) is 5.35. The van der Waals surface area contributed by atoms with Crippen molar-refractivity contribution in [1.82, 2.24) is 10.2 Å². The van der Waals surface area contributed by atoms with Gasteiger partial charge in [-0.2, -0.15) is 5.10 Å². The third-order valence-corrected chi connectivity index (χ3v) is 4.12. The topological polar surface area (TPSA) is 67.2 Å². The second kappa shape index (κ2) is 4.74. The van der Waals surface area contributed by atoms with Gasteiger partial charge in [-0.15, -0.1) is 0 Å². The van der Waals surface area contributed by atoms with Gasteiger partial charge in [0.15, 0.2) is 0 Å². The van der Waals surface area contributed by atoms with E-state index in [1.165, 1.54) is 0 Å². The summed E-state index contributed by atoms with van der Waals surface area (Å²) in [6.45, 7) is 4.15. The highest BCUT2D eigenvalue weighted by atomic mass is 16.5. The van der Waals surface area contributed by atoms with E-state index >= 15 is 0 Å². The number of H-pyrrole nitrogens is 1. The molecule has 5 nitrogen and oxygen atoms in total. The summed E-state index contributed by atoms with van der Waals surface area (Å²) in [6.07, 6.45) is 3.19. The minimum absolute atomic E-state index is 0.269. The normalized spacial score (nSPS) is 24.0. The zero-order chi connectivity index (χ0) is 13.4. The van der Waals surface area contributed by atoms with Crippen LogP contribution < -0.4 is 10.6 Å². The molecule has 2 heterocycles. The standard InChI is InChI=1S/C14H20N4O/c1-9-3-4-18(8-14(9)19-2)13-6-12-10(5-11(13)15)7-16-17-12/h5-7,9,14H,3-4,8,15H2,1-2H3,(H,16,17). The quantitative estimate of drug-likeness (QED) is 0.811. The van der Waals surface area contributed by atoms with Crippen molar-refractivity contribution < 1.29 is 4.74 Å². The Hall–Kier alpha value is -1.75. The van der Waals surface area contributed by atoms with E-state index in [-0.39, 0.29) is 6.10 Å². The molecule has 0 amide bonds. The average molecular weight is 260 g/mol. The van der Waals surface area contributed by atoms with E-state index in [0.29, 0.717) is 5.92 Å². The van der Waals surface area contributed by atoms with Crippen LogP contribution in [0.25, 0.3) is 10.9 Å². The SMILES string of the molecule is COC1CN(c2cc3[nH]ncc3cc2N)CCC1C. The van der Waals surface area contributed by atoms with E-state index in [0.717, 1.165) is 41.8 Å². The monoisotopic (exact) mass is 260 g/mol. The van der Waals surface area contributed by atoms with E-state index in [1.807, 2.05) is 6.07 Å². The molecule has 1 aliphatic rings. The summed E-state index contributed by atoms with van der Waals surface area (Å²) >= 11 is 0. The Morgan fingerprint density at radius 1 is 1.47 bits per heavy atom. The number of nitrogens with zero attached hydrogens (tertiary/aromatic N) is 2. The van der Waals surface area contributed by atoms with Crippen LogP contribution in [0.5, 0.6) is 0 Å². The molecule has 1 fully saturated rings. The first-order valence-corrected chi connectivity index (χ1v) is 6.69. The van der Waals surface area contributed by atoms with Crippen LogP contribution in [0.3, 0.4) is 0 Å².